The molecule has 1 aromatic carbocycles. The van der Waals surface area contributed by atoms with Crippen molar-refractivity contribution in [1.82, 2.24) is 4.90 Å². The van der Waals surface area contributed by atoms with E-state index < -0.39 is 0 Å². The number of morpholine rings is 1. The first-order chi connectivity index (χ1) is 9.79. The molecule has 2 rings (SSSR count). The van der Waals surface area contributed by atoms with Crippen LogP contribution in [0, 0.1) is 11.3 Å². The molecule has 0 bridgehead atoms. The van der Waals surface area contributed by atoms with Crippen molar-refractivity contribution in [2.75, 3.05) is 43.9 Å². The zero-order valence-electron chi connectivity index (χ0n) is 11.2. The fourth-order valence-corrected chi connectivity index (χ4v) is 2.63. The topological polar surface area (TPSA) is 65.4 Å². The van der Waals surface area contributed by atoms with Gasteiger partial charge in [-0.3, -0.25) is 9.69 Å². The highest BCUT2D eigenvalue weighted by Gasteiger charge is 2.15. The SMILES string of the molecule is N#CCSc1ccccc1NC(=O)CN1CCOCC1. The summed E-state index contributed by atoms with van der Waals surface area (Å²) in [5.41, 5.74) is 0.769. The van der Waals surface area contributed by atoms with E-state index in [4.69, 9.17) is 10.00 Å². The lowest BCUT2D eigenvalue weighted by Gasteiger charge is -2.25. The number of ether oxygens (including phenoxy) is 1. The molecule has 1 aliphatic rings. The summed E-state index contributed by atoms with van der Waals surface area (Å²) in [6.45, 7) is 3.32. The van der Waals surface area contributed by atoms with Gasteiger partial charge in [-0.25, -0.2) is 0 Å². The molecular formula is C14H17N3O2S. The number of para-hydroxylation sites is 1. The molecule has 1 saturated heterocycles. The minimum Gasteiger partial charge on any atom is -0.379 e. The van der Waals surface area contributed by atoms with Gasteiger partial charge < -0.3 is 10.1 Å². The molecule has 0 spiro atoms. The second-order valence-electron chi connectivity index (χ2n) is 4.38. The average molecular weight is 291 g/mol. The van der Waals surface area contributed by atoms with Gasteiger partial charge in [-0.1, -0.05) is 12.1 Å². The van der Waals surface area contributed by atoms with Crippen LogP contribution in [0.3, 0.4) is 0 Å². The zero-order chi connectivity index (χ0) is 14.2. The predicted molar refractivity (Wildman–Crippen MR) is 78.7 cm³/mol. The quantitative estimate of drug-likeness (QED) is 0.834. The molecule has 0 saturated carbocycles. The van der Waals surface area contributed by atoms with E-state index >= 15 is 0 Å². The van der Waals surface area contributed by atoms with Crippen molar-refractivity contribution >= 4 is 23.4 Å². The number of carbonyl (C=O) groups excluding carboxylic acids is 1. The summed E-state index contributed by atoms with van der Waals surface area (Å²) in [6, 6.07) is 9.63. The summed E-state index contributed by atoms with van der Waals surface area (Å²) in [5, 5.41) is 11.6. The van der Waals surface area contributed by atoms with Crippen LogP contribution in [0.2, 0.25) is 0 Å². The summed E-state index contributed by atoms with van der Waals surface area (Å²) in [7, 11) is 0. The molecule has 1 heterocycles. The molecule has 5 nitrogen and oxygen atoms in total. The summed E-state index contributed by atoms with van der Waals surface area (Å²) < 4.78 is 5.26. The van der Waals surface area contributed by atoms with Gasteiger partial charge in [-0.2, -0.15) is 5.26 Å². The average Bonchev–Trinajstić information content (AvgIpc) is 2.47. The van der Waals surface area contributed by atoms with E-state index in [1.165, 1.54) is 11.8 Å². The Kier molecular flexibility index (Phi) is 5.87. The molecule has 1 aliphatic heterocycles. The largest absolute Gasteiger partial charge is 0.379 e. The van der Waals surface area contributed by atoms with Gasteiger partial charge in [0, 0.05) is 18.0 Å². The summed E-state index contributed by atoms with van der Waals surface area (Å²) in [6.07, 6.45) is 0. The lowest BCUT2D eigenvalue weighted by atomic mass is 10.3. The van der Waals surface area contributed by atoms with Gasteiger partial charge in [0.15, 0.2) is 0 Å². The third-order valence-electron chi connectivity index (χ3n) is 2.92. The van der Waals surface area contributed by atoms with Gasteiger partial charge in [-0.05, 0) is 12.1 Å². The van der Waals surface area contributed by atoms with E-state index in [1.54, 1.807) is 0 Å². The number of hydrogen-bond acceptors (Lipinski definition) is 5. The number of nitrogens with one attached hydrogen (secondary N) is 1. The predicted octanol–water partition coefficient (Wildman–Crippen LogP) is 1.57. The Balaban J connectivity index is 1.91. The van der Waals surface area contributed by atoms with Gasteiger partial charge in [-0.15, -0.1) is 11.8 Å². The second kappa shape index (κ2) is 7.90. The Morgan fingerprint density at radius 2 is 2.15 bits per heavy atom. The second-order valence-corrected chi connectivity index (χ2v) is 5.40. The summed E-state index contributed by atoms with van der Waals surface area (Å²) in [4.78, 5) is 15.0. The minimum atomic E-state index is -0.0306. The lowest BCUT2D eigenvalue weighted by molar-refractivity contribution is -0.118. The van der Waals surface area contributed by atoms with Crippen LogP contribution in [0.25, 0.3) is 0 Å². The Labute approximate surface area is 122 Å². The Morgan fingerprint density at radius 3 is 2.90 bits per heavy atom. The molecule has 6 heteroatoms. The fraction of sp³-hybridized carbons (Fsp3) is 0.429. The number of benzene rings is 1. The highest BCUT2D eigenvalue weighted by atomic mass is 32.2. The standard InChI is InChI=1S/C14H17N3O2S/c15-5-10-20-13-4-2-1-3-12(13)16-14(18)11-17-6-8-19-9-7-17/h1-4H,6-11H2,(H,16,18). The van der Waals surface area contributed by atoms with E-state index in [2.05, 4.69) is 16.3 Å². The molecule has 0 aliphatic carbocycles. The number of carbonyl (C=O) groups is 1. The van der Waals surface area contributed by atoms with Crippen LogP contribution in [-0.4, -0.2) is 49.4 Å². The molecule has 0 radical (unpaired) electrons. The normalized spacial score (nSPS) is 15.6. The molecule has 1 aromatic rings. The number of hydrogen-bond donors (Lipinski definition) is 1. The van der Waals surface area contributed by atoms with Gasteiger partial charge in [0.05, 0.1) is 37.3 Å². The number of nitriles is 1. The molecule has 106 valence electrons. The summed E-state index contributed by atoms with van der Waals surface area (Å²) >= 11 is 1.43. The number of amides is 1. The van der Waals surface area contributed by atoms with Crippen molar-refractivity contribution in [3.63, 3.8) is 0 Å². The van der Waals surface area contributed by atoms with Crippen LogP contribution in [-0.2, 0) is 9.53 Å². The molecule has 20 heavy (non-hydrogen) atoms. The first kappa shape index (κ1) is 14.9. The number of rotatable bonds is 5. The Morgan fingerprint density at radius 1 is 1.40 bits per heavy atom. The Bertz CT molecular complexity index is 495. The van der Waals surface area contributed by atoms with E-state index in [-0.39, 0.29) is 5.91 Å². The van der Waals surface area contributed by atoms with E-state index in [1.807, 2.05) is 24.3 Å². The van der Waals surface area contributed by atoms with E-state index in [0.29, 0.717) is 25.5 Å². The van der Waals surface area contributed by atoms with Gasteiger partial charge in [0.2, 0.25) is 5.91 Å². The maximum absolute atomic E-state index is 12.0. The maximum Gasteiger partial charge on any atom is 0.238 e. The number of thioether (sulfide) groups is 1. The highest BCUT2D eigenvalue weighted by Crippen LogP contribution is 2.26. The van der Waals surface area contributed by atoms with Crippen molar-refractivity contribution in [3.8, 4) is 6.07 Å². The highest BCUT2D eigenvalue weighted by molar-refractivity contribution is 7.99. The fourth-order valence-electron chi connectivity index (χ4n) is 1.96. The summed E-state index contributed by atoms with van der Waals surface area (Å²) in [5.74, 6) is 0.341. The zero-order valence-corrected chi connectivity index (χ0v) is 12.0. The van der Waals surface area contributed by atoms with Crippen LogP contribution < -0.4 is 5.32 Å². The lowest BCUT2D eigenvalue weighted by Crippen LogP contribution is -2.41. The van der Waals surface area contributed by atoms with Crippen molar-refractivity contribution in [2.45, 2.75) is 4.90 Å². The van der Waals surface area contributed by atoms with Gasteiger partial charge >= 0.3 is 0 Å². The smallest absolute Gasteiger partial charge is 0.238 e. The van der Waals surface area contributed by atoms with Crippen LogP contribution >= 0.6 is 11.8 Å². The molecule has 1 N–H and O–H groups in total. The van der Waals surface area contributed by atoms with E-state index in [9.17, 15) is 4.79 Å². The third-order valence-corrected chi connectivity index (χ3v) is 3.86. The molecule has 0 unspecified atom stereocenters. The van der Waals surface area contributed by atoms with E-state index in [0.717, 1.165) is 23.7 Å². The molecule has 0 atom stereocenters. The first-order valence-corrected chi connectivity index (χ1v) is 7.47. The van der Waals surface area contributed by atoms with Crippen LogP contribution in [0.5, 0.6) is 0 Å². The maximum atomic E-state index is 12.0. The van der Waals surface area contributed by atoms with Crippen LogP contribution in [0.15, 0.2) is 29.2 Å². The monoisotopic (exact) mass is 291 g/mol. The van der Waals surface area contributed by atoms with Crippen molar-refractivity contribution in [1.29, 1.82) is 5.26 Å². The van der Waals surface area contributed by atoms with Crippen molar-refractivity contribution in [3.05, 3.63) is 24.3 Å². The first-order valence-electron chi connectivity index (χ1n) is 6.48. The molecule has 1 amide bonds. The minimum absolute atomic E-state index is 0.0306. The van der Waals surface area contributed by atoms with Crippen molar-refractivity contribution < 1.29 is 9.53 Å². The van der Waals surface area contributed by atoms with Crippen molar-refractivity contribution in [2.24, 2.45) is 0 Å². The number of nitrogens with zero attached hydrogens (tertiary/aromatic N) is 2. The third kappa shape index (κ3) is 4.53. The number of anilines is 1. The molecular weight excluding hydrogens is 274 g/mol. The molecule has 1 fully saturated rings. The van der Waals surface area contributed by atoms with Crippen LogP contribution in [0.4, 0.5) is 5.69 Å². The molecule has 0 aromatic heterocycles. The van der Waals surface area contributed by atoms with Gasteiger partial charge in [0.25, 0.3) is 0 Å². The Hall–Kier alpha value is -1.55. The van der Waals surface area contributed by atoms with Gasteiger partial charge in [0.1, 0.15) is 0 Å². The van der Waals surface area contributed by atoms with Crippen LogP contribution in [0.1, 0.15) is 0 Å².